The van der Waals surface area contributed by atoms with E-state index in [2.05, 4.69) is 10.3 Å². The summed E-state index contributed by atoms with van der Waals surface area (Å²) >= 11 is 0. The van der Waals surface area contributed by atoms with Crippen molar-refractivity contribution in [3.8, 4) is 0 Å². The second kappa shape index (κ2) is 6.03. The first-order chi connectivity index (χ1) is 11.4. The van der Waals surface area contributed by atoms with Gasteiger partial charge in [0, 0.05) is 12.7 Å². The fourth-order valence-electron chi connectivity index (χ4n) is 2.80. The summed E-state index contributed by atoms with van der Waals surface area (Å²) in [7, 11) is 0. The minimum absolute atomic E-state index is 0.00334. The SMILES string of the molecule is CC1=CN2C(=NC(=O)CC2(C)C(=O)NCc2ccc(F)cc2)C=C1. The summed E-state index contributed by atoms with van der Waals surface area (Å²) in [5.74, 6) is -0.446. The Morgan fingerprint density at radius 3 is 2.75 bits per heavy atom. The molecule has 0 radical (unpaired) electrons. The van der Waals surface area contributed by atoms with E-state index in [1.165, 1.54) is 12.1 Å². The molecule has 1 unspecified atom stereocenters. The van der Waals surface area contributed by atoms with Crippen molar-refractivity contribution < 1.29 is 14.0 Å². The number of fused-ring (bicyclic) bond motifs is 1. The third kappa shape index (κ3) is 2.99. The second-order valence-electron chi connectivity index (χ2n) is 6.20. The first-order valence-corrected chi connectivity index (χ1v) is 7.68. The maximum Gasteiger partial charge on any atom is 0.250 e. The lowest BCUT2D eigenvalue weighted by Crippen LogP contribution is -2.59. The first-order valence-electron chi connectivity index (χ1n) is 7.68. The van der Waals surface area contributed by atoms with Crippen LogP contribution in [-0.4, -0.2) is 28.1 Å². The molecule has 0 fully saturated rings. The van der Waals surface area contributed by atoms with Crippen LogP contribution in [0.4, 0.5) is 4.39 Å². The highest BCUT2D eigenvalue weighted by Crippen LogP contribution is 2.29. The Balaban J connectivity index is 1.79. The van der Waals surface area contributed by atoms with Gasteiger partial charge in [0.25, 0.3) is 5.91 Å². The van der Waals surface area contributed by atoms with Gasteiger partial charge in [0.05, 0.1) is 6.42 Å². The quantitative estimate of drug-likeness (QED) is 0.927. The Morgan fingerprint density at radius 2 is 2.04 bits per heavy atom. The molecule has 0 bridgehead atoms. The van der Waals surface area contributed by atoms with Gasteiger partial charge in [-0.25, -0.2) is 4.39 Å². The fraction of sp³-hybridized carbons (Fsp3) is 0.278. The van der Waals surface area contributed by atoms with Crippen molar-refractivity contribution in [2.24, 2.45) is 4.99 Å². The number of amidine groups is 1. The molecule has 0 aromatic heterocycles. The molecule has 2 aliphatic rings. The normalized spacial score (nSPS) is 22.6. The van der Waals surface area contributed by atoms with Crippen LogP contribution in [0.3, 0.4) is 0 Å². The van der Waals surface area contributed by atoms with E-state index >= 15 is 0 Å². The van der Waals surface area contributed by atoms with Gasteiger partial charge >= 0.3 is 0 Å². The molecule has 6 heteroatoms. The number of nitrogens with one attached hydrogen (secondary N) is 1. The van der Waals surface area contributed by atoms with Crippen molar-refractivity contribution >= 4 is 17.6 Å². The fourth-order valence-corrected chi connectivity index (χ4v) is 2.80. The predicted octanol–water partition coefficient (Wildman–Crippen LogP) is 2.30. The van der Waals surface area contributed by atoms with Crippen LogP contribution in [0.1, 0.15) is 25.8 Å². The van der Waals surface area contributed by atoms with E-state index in [1.807, 2.05) is 19.2 Å². The molecule has 124 valence electrons. The number of aliphatic imine (C=N–C) groups is 1. The van der Waals surface area contributed by atoms with Crippen LogP contribution >= 0.6 is 0 Å². The minimum atomic E-state index is -1.04. The summed E-state index contributed by atoms with van der Waals surface area (Å²) in [6.07, 6.45) is 5.41. The highest BCUT2D eigenvalue weighted by atomic mass is 19.1. The Kier molecular flexibility index (Phi) is 4.05. The molecular formula is C18H18FN3O2. The van der Waals surface area contributed by atoms with Crippen molar-refractivity contribution in [2.45, 2.75) is 32.4 Å². The van der Waals surface area contributed by atoms with Crippen molar-refractivity contribution in [3.63, 3.8) is 0 Å². The van der Waals surface area contributed by atoms with Crippen molar-refractivity contribution in [3.05, 3.63) is 59.6 Å². The Hall–Kier alpha value is -2.76. The second-order valence-corrected chi connectivity index (χ2v) is 6.20. The summed E-state index contributed by atoms with van der Waals surface area (Å²) < 4.78 is 12.9. The smallest absolute Gasteiger partial charge is 0.250 e. The van der Waals surface area contributed by atoms with Gasteiger partial charge in [-0.15, -0.1) is 0 Å². The third-order valence-corrected chi connectivity index (χ3v) is 4.20. The van der Waals surface area contributed by atoms with Gasteiger partial charge in [-0.2, -0.15) is 4.99 Å². The predicted molar refractivity (Wildman–Crippen MR) is 88.4 cm³/mol. The van der Waals surface area contributed by atoms with Gasteiger partial charge < -0.3 is 10.2 Å². The number of amides is 2. The number of allylic oxidation sites excluding steroid dienone is 2. The molecular weight excluding hydrogens is 309 g/mol. The van der Waals surface area contributed by atoms with Gasteiger partial charge in [0.1, 0.15) is 17.2 Å². The van der Waals surface area contributed by atoms with E-state index in [1.54, 1.807) is 30.0 Å². The van der Waals surface area contributed by atoms with Crippen LogP contribution in [0.2, 0.25) is 0 Å². The molecule has 2 heterocycles. The highest BCUT2D eigenvalue weighted by molar-refractivity contribution is 6.09. The standard InChI is InChI=1S/C18H18FN3O2/c1-12-3-8-15-21-16(23)9-18(2,22(15)11-12)17(24)20-10-13-4-6-14(19)7-5-13/h3-8,11H,9-10H2,1-2H3,(H,20,24). The molecule has 0 aliphatic carbocycles. The van der Waals surface area contributed by atoms with Crippen LogP contribution in [-0.2, 0) is 16.1 Å². The summed E-state index contributed by atoms with van der Waals surface area (Å²) in [4.78, 5) is 30.5. The molecule has 0 spiro atoms. The molecule has 2 aliphatic heterocycles. The van der Waals surface area contributed by atoms with E-state index in [-0.39, 0.29) is 30.6 Å². The van der Waals surface area contributed by atoms with E-state index in [4.69, 9.17) is 0 Å². The van der Waals surface area contributed by atoms with E-state index in [0.717, 1.165) is 11.1 Å². The van der Waals surface area contributed by atoms with Crippen molar-refractivity contribution in [1.29, 1.82) is 0 Å². The number of halogens is 1. The van der Waals surface area contributed by atoms with E-state index in [9.17, 15) is 14.0 Å². The van der Waals surface area contributed by atoms with E-state index < -0.39 is 5.54 Å². The van der Waals surface area contributed by atoms with Gasteiger partial charge in [0.15, 0.2) is 0 Å². The molecule has 1 N–H and O–H groups in total. The minimum Gasteiger partial charge on any atom is -0.350 e. The summed E-state index contributed by atoms with van der Waals surface area (Å²) in [5.41, 5.74) is 0.718. The molecule has 0 saturated heterocycles. The van der Waals surface area contributed by atoms with Gasteiger partial charge in [-0.05, 0) is 43.2 Å². The molecule has 1 aromatic carbocycles. The Bertz CT molecular complexity index is 780. The number of hydrogen-bond acceptors (Lipinski definition) is 3. The molecule has 5 nitrogen and oxygen atoms in total. The number of hydrogen-bond donors (Lipinski definition) is 1. The van der Waals surface area contributed by atoms with Gasteiger partial charge in [-0.1, -0.05) is 18.2 Å². The topological polar surface area (TPSA) is 61.8 Å². The zero-order valence-electron chi connectivity index (χ0n) is 13.5. The lowest BCUT2D eigenvalue weighted by molar-refractivity contribution is -0.134. The maximum atomic E-state index is 12.9. The van der Waals surface area contributed by atoms with Crippen molar-refractivity contribution in [1.82, 2.24) is 10.2 Å². The number of rotatable bonds is 3. The number of carbonyl (C=O) groups is 2. The van der Waals surface area contributed by atoms with E-state index in [0.29, 0.717) is 5.84 Å². The maximum absolute atomic E-state index is 12.9. The number of carbonyl (C=O) groups excluding carboxylic acids is 2. The number of benzene rings is 1. The summed E-state index contributed by atoms with van der Waals surface area (Å²) in [6, 6.07) is 5.92. The summed E-state index contributed by atoms with van der Waals surface area (Å²) in [6.45, 7) is 3.91. The molecule has 0 saturated carbocycles. The largest absolute Gasteiger partial charge is 0.350 e. The Morgan fingerprint density at radius 1 is 1.33 bits per heavy atom. The van der Waals surface area contributed by atoms with Gasteiger partial charge in [0.2, 0.25) is 5.91 Å². The molecule has 1 aromatic rings. The monoisotopic (exact) mass is 327 g/mol. The van der Waals surface area contributed by atoms with Crippen LogP contribution < -0.4 is 5.32 Å². The lowest BCUT2D eigenvalue weighted by atomic mass is 9.90. The first kappa shape index (κ1) is 16.1. The van der Waals surface area contributed by atoms with Crippen LogP contribution in [0.25, 0.3) is 0 Å². The lowest BCUT2D eigenvalue weighted by Gasteiger charge is -2.42. The van der Waals surface area contributed by atoms with Crippen LogP contribution in [0, 0.1) is 5.82 Å². The van der Waals surface area contributed by atoms with Crippen molar-refractivity contribution in [2.75, 3.05) is 0 Å². The van der Waals surface area contributed by atoms with Crippen LogP contribution in [0.15, 0.2) is 53.2 Å². The molecule has 3 rings (SSSR count). The number of nitrogens with zero attached hydrogens (tertiary/aromatic N) is 2. The highest BCUT2D eigenvalue weighted by Gasteiger charge is 2.45. The molecule has 24 heavy (non-hydrogen) atoms. The third-order valence-electron chi connectivity index (χ3n) is 4.20. The molecule has 1 atom stereocenters. The zero-order chi connectivity index (χ0) is 17.3. The Labute approximate surface area is 139 Å². The molecule has 2 amide bonds. The summed E-state index contributed by atoms with van der Waals surface area (Å²) in [5, 5.41) is 2.83. The average molecular weight is 327 g/mol. The van der Waals surface area contributed by atoms with Crippen LogP contribution in [0.5, 0.6) is 0 Å². The average Bonchev–Trinajstić information content (AvgIpc) is 2.54. The zero-order valence-corrected chi connectivity index (χ0v) is 13.5. The van der Waals surface area contributed by atoms with Gasteiger partial charge in [-0.3, -0.25) is 9.59 Å².